The number of hydrogen-bond donors (Lipinski definition) is 0. The smallest absolute Gasteiger partial charge is 0.345 e. The Morgan fingerprint density at radius 1 is 1.19 bits per heavy atom. The molecule has 16 heavy (non-hydrogen) atoms. The number of esters is 2. The van der Waals surface area contributed by atoms with Crippen LogP contribution in [0.2, 0.25) is 0 Å². The second-order valence-electron chi connectivity index (χ2n) is 3.37. The van der Waals surface area contributed by atoms with Crippen molar-refractivity contribution in [2.75, 3.05) is 20.6 Å². The van der Waals surface area contributed by atoms with Gasteiger partial charge in [-0.2, -0.15) is 0 Å². The first kappa shape index (κ1) is 14.9. The molecule has 0 bridgehead atoms. The summed E-state index contributed by atoms with van der Waals surface area (Å²) in [5, 5.41) is 0. The van der Waals surface area contributed by atoms with Gasteiger partial charge in [-0.15, -0.1) is 0 Å². The zero-order valence-electron chi connectivity index (χ0n) is 9.47. The van der Waals surface area contributed by atoms with Crippen LogP contribution in [0.5, 0.6) is 0 Å². The van der Waals surface area contributed by atoms with Crippen molar-refractivity contribution in [3.63, 3.8) is 0 Å². The van der Waals surface area contributed by atoms with E-state index in [2.05, 4.69) is 4.74 Å². The molecule has 0 unspecified atom stereocenters. The normalized spacial score (nSPS) is 9.44. The van der Waals surface area contributed by atoms with Crippen LogP contribution in [0.3, 0.4) is 0 Å². The summed E-state index contributed by atoms with van der Waals surface area (Å²) in [5.74, 6) is -1.16. The Morgan fingerprint density at radius 2 is 1.75 bits per heavy atom. The molecule has 0 amide bonds. The Balaban J connectivity index is 0.00000225. The van der Waals surface area contributed by atoms with E-state index in [1.54, 1.807) is 49.3 Å². The predicted molar refractivity (Wildman–Crippen MR) is 55.4 cm³/mol. The van der Waals surface area contributed by atoms with E-state index in [1.807, 2.05) is 0 Å². The van der Waals surface area contributed by atoms with E-state index in [0.717, 1.165) is 0 Å². The van der Waals surface area contributed by atoms with Crippen LogP contribution in [0, 0.1) is 0 Å². The Morgan fingerprint density at radius 3 is 2.25 bits per heavy atom. The fraction of sp³-hybridized carbons (Fsp3) is 0.273. The van der Waals surface area contributed by atoms with Crippen molar-refractivity contribution in [3.8, 4) is 0 Å². The Labute approximate surface area is 107 Å². The number of rotatable bonds is 3. The average Bonchev–Trinajstić information content (AvgIpc) is 2.17. The van der Waals surface area contributed by atoms with Gasteiger partial charge in [0.15, 0.2) is 0 Å². The zero-order valence-corrected chi connectivity index (χ0v) is 12.4. The van der Waals surface area contributed by atoms with E-state index in [-0.39, 0.29) is 26.0 Å². The molecule has 0 spiro atoms. The van der Waals surface area contributed by atoms with Gasteiger partial charge in [-0.25, -0.2) is 4.79 Å². The summed E-state index contributed by atoms with van der Waals surface area (Å²) in [4.78, 5) is 24.2. The second-order valence-corrected chi connectivity index (χ2v) is 3.37. The van der Waals surface area contributed by atoms with Crippen LogP contribution in [-0.2, 0) is 29.0 Å². The summed E-state index contributed by atoms with van der Waals surface area (Å²) in [6.07, 6.45) is 0. The Kier molecular flexibility index (Phi) is 6.78. The van der Waals surface area contributed by atoms with Crippen molar-refractivity contribution in [1.82, 2.24) is 4.90 Å². The SMILES string of the molecule is CN(C)CC(=O)OC(=O)c1ccccc1.[Zn]. The number of carbonyl (C=O) groups is 2. The van der Waals surface area contributed by atoms with Gasteiger partial charge < -0.3 is 4.74 Å². The van der Waals surface area contributed by atoms with Crippen molar-refractivity contribution < 1.29 is 33.8 Å². The predicted octanol–water partition coefficient (Wildman–Crippen LogP) is 0.929. The molecule has 82 valence electrons. The molecule has 0 N–H and O–H groups in total. The number of hydrogen-bond acceptors (Lipinski definition) is 4. The molecule has 0 aliphatic carbocycles. The van der Waals surface area contributed by atoms with Crippen LogP contribution in [0.25, 0.3) is 0 Å². The van der Waals surface area contributed by atoms with Gasteiger partial charge in [0.25, 0.3) is 0 Å². The topological polar surface area (TPSA) is 46.6 Å². The molecular formula is C11H13NO3Zn. The first-order valence-electron chi connectivity index (χ1n) is 4.54. The van der Waals surface area contributed by atoms with Crippen LogP contribution in [0.1, 0.15) is 10.4 Å². The van der Waals surface area contributed by atoms with E-state index < -0.39 is 11.9 Å². The van der Waals surface area contributed by atoms with E-state index in [9.17, 15) is 9.59 Å². The summed E-state index contributed by atoms with van der Waals surface area (Å²) < 4.78 is 4.63. The van der Waals surface area contributed by atoms with Gasteiger partial charge in [-0.05, 0) is 26.2 Å². The maximum absolute atomic E-state index is 11.4. The summed E-state index contributed by atoms with van der Waals surface area (Å²) >= 11 is 0. The standard InChI is InChI=1S/C11H13NO3.Zn/c1-12(2)8-10(13)15-11(14)9-6-4-3-5-7-9;/h3-7H,8H2,1-2H3;. The van der Waals surface area contributed by atoms with Gasteiger partial charge in [-0.1, -0.05) is 18.2 Å². The van der Waals surface area contributed by atoms with Crippen LogP contribution >= 0.6 is 0 Å². The Hall–Kier alpha value is -1.06. The summed E-state index contributed by atoms with van der Waals surface area (Å²) in [7, 11) is 3.46. The average molecular weight is 273 g/mol. The van der Waals surface area contributed by atoms with Crippen molar-refractivity contribution in [1.29, 1.82) is 0 Å². The fourth-order valence-electron chi connectivity index (χ4n) is 1.03. The van der Waals surface area contributed by atoms with Gasteiger partial charge in [0, 0.05) is 19.5 Å². The second kappa shape index (κ2) is 7.26. The molecule has 5 heteroatoms. The monoisotopic (exact) mass is 271 g/mol. The van der Waals surface area contributed by atoms with Gasteiger partial charge >= 0.3 is 11.9 Å². The van der Waals surface area contributed by atoms with Gasteiger partial charge in [0.1, 0.15) is 0 Å². The van der Waals surface area contributed by atoms with Gasteiger partial charge in [0.2, 0.25) is 0 Å². The molecule has 0 fully saturated rings. The van der Waals surface area contributed by atoms with Crippen LogP contribution in [0.4, 0.5) is 0 Å². The number of benzene rings is 1. The van der Waals surface area contributed by atoms with Crippen LogP contribution < -0.4 is 0 Å². The largest absolute Gasteiger partial charge is 0.388 e. The van der Waals surface area contributed by atoms with E-state index in [1.165, 1.54) is 0 Å². The molecule has 0 aliphatic heterocycles. The van der Waals surface area contributed by atoms with Gasteiger partial charge in [-0.3, -0.25) is 9.69 Å². The van der Waals surface area contributed by atoms with Crippen LogP contribution in [0.15, 0.2) is 30.3 Å². The van der Waals surface area contributed by atoms with Crippen molar-refractivity contribution >= 4 is 11.9 Å². The molecule has 1 aromatic carbocycles. The van der Waals surface area contributed by atoms with E-state index in [0.29, 0.717) is 5.56 Å². The number of nitrogens with zero attached hydrogens (tertiary/aromatic N) is 1. The van der Waals surface area contributed by atoms with E-state index in [4.69, 9.17) is 0 Å². The minimum Gasteiger partial charge on any atom is -0.388 e. The van der Waals surface area contributed by atoms with Crippen molar-refractivity contribution in [2.45, 2.75) is 0 Å². The molecule has 0 aliphatic rings. The van der Waals surface area contributed by atoms with Crippen molar-refractivity contribution in [3.05, 3.63) is 35.9 Å². The first-order valence-corrected chi connectivity index (χ1v) is 4.54. The number of carbonyl (C=O) groups excluding carboxylic acids is 2. The third-order valence-electron chi connectivity index (χ3n) is 1.66. The summed E-state index contributed by atoms with van der Waals surface area (Å²) in [6, 6.07) is 8.43. The molecule has 4 nitrogen and oxygen atoms in total. The fourth-order valence-corrected chi connectivity index (χ4v) is 1.03. The minimum atomic E-state index is -0.609. The summed E-state index contributed by atoms with van der Waals surface area (Å²) in [6.45, 7) is 0.0958. The Bertz CT molecular complexity index is 352. The minimum absolute atomic E-state index is 0. The van der Waals surface area contributed by atoms with Crippen LogP contribution in [-0.4, -0.2) is 37.5 Å². The molecule has 0 radical (unpaired) electrons. The number of ether oxygens (including phenoxy) is 1. The number of likely N-dealkylation sites (N-methyl/N-ethyl adjacent to an activating group) is 1. The van der Waals surface area contributed by atoms with Crippen molar-refractivity contribution in [2.24, 2.45) is 0 Å². The molecule has 0 heterocycles. The quantitative estimate of drug-likeness (QED) is 0.467. The van der Waals surface area contributed by atoms with Gasteiger partial charge in [0.05, 0.1) is 12.1 Å². The molecule has 0 atom stereocenters. The third-order valence-corrected chi connectivity index (χ3v) is 1.66. The molecular weight excluding hydrogens is 260 g/mol. The third kappa shape index (κ3) is 5.15. The maximum Gasteiger partial charge on any atom is 0.345 e. The molecule has 0 aromatic heterocycles. The molecule has 0 saturated heterocycles. The maximum atomic E-state index is 11.4. The van der Waals surface area contributed by atoms with E-state index >= 15 is 0 Å². The molecule has 0 saturated carbocycles. The first-order chi connectivity index (χ1) is 7.09. The molecule has 1 aromatic rings. The zero-order chi connectivity index (χ0) is 11.3. The summed E-state index contributed by atoms with van der Waals surface area (Å²) in [5.41, 5.74) is 0.379. The molecule has 1 rings (SSSR count).